The Morgan fingerprint density at radius 2 is 1.47 bits per heavy atom. The fraction of sp³-hybridized carbons (Fsp3) is 0.417. The molecule has 3 aliphatic rings. The fourth-order valence-corrected chi connectivity index (χ4v) is 18.0. The molecule has 83 heavy (non-hydrogen) atoms. The average Bonchev–Trinajstić information content (AvgIpc) is 3.98. The summed E-state index contributed by atoms with van der Waals surface area (Å²) >= 11 is 7.78. The number of alkyl halides is 3. The van der Waals surface area contributed by atoms with Crippen LogP contribution < -0.4 is 25.1 Å². The number of aromatic carboxylic acids is 1. The minimum atomic E-state index is -5.98. The number of rotatable bonds is 23. The molecule has 15 nitrogen and oxygen atoms in total. The van der Waals surface area contributed by atoms with Gasteiger partial charge in [0.2, 0.25) is 0 Å². The summed E-state index contributed by atoms with van der Waals surface area (Å²) in [7, 11) is -13.3. The molecule has 0 saturated carbocycles. The molecule has 4 heterocycles. The summed E-state index contributed by atoms with van der Waals surface area (Å²) in [6, 6.07) is 35.3. The molecule has 3 fully saturated rings. The van der Waals surface area contributed by atoms with Gasteiger partial charge in [-0.1, -0.05) is 54.1 Å². The number of carbonyl (C=O) groups is 1. The maximum absolute atomic E-state index is 15.1. The Kier molecular flexibility index (Phi) is 19.9. The first-order valence-corrected chi connectivity index (χ1v) is 34.3. The Bertz CT molecular complexity index is 3430. The van der Waals surface area contributed by atoms with Gasteiger partial charge in [-0.3, -0.25) is 13.8 Å². The Hall–Kier alpha value is -5.27. The number of anilines is 4. The van der Waals surface area contributed by atoms with Gasteiger partial charge in [0.05, 0.1) is 54.8 Å². The van der Waals surface area contributed by atoms with Gasteiger partial charge < -0.3 is 43.3 Å². The van der Waals surface area contributed by atoms with E-state index in [4.69, 9.17) is 25.2 Å². The van der Waals surface area contributed by atoms with Crippen LogP contribution in [-0.4, -0.2) is 125 Å². The van der Waals surface area contributed by atoms with Gasteiger partial charge in [-0.15, -0.1) is 11.8 Å². The van der Waals surface area contributed by atoms with Crippen molar-refractivity contribution in [1.82, 2.24) is 9.47 Å². The van der Waals surface area contributed by atoms with E-state index in [1.165, 1.54) is 28.6 Å². The molecule has 0 bridgehead atoms. The van der Waals surface area contributed by atoms with Crippen molar-refractivity contribution in [3.05, 3.63) is 138 Å². The molecule has 9 rings (SSSR count). The summed E-state index contributed by atoms with van der Waals surface area (Å²) in [5.41, 5.74) is 0.402. The van der Waals surface area contributed by atoms with Gasteiger partial charge >= 0.3 is 26.6 Å². The van der Waals surface area contributed by atoms with Crippen molar-refractivity contribution in [3.63, 3.8) is 0 Å². The standard InChI is InChI=1S/C60H72ClF3N6O9P2S2/c1-6-77-80(73,78-7-2)40-44-26-29-66(30-27-44)31-28-48(41-82-53-14-9-8-10-15-53)65-54-25-24-52(39-55(54)83(75,76)60(62,63)64)81(74)69(36-37-79-81)50-22-20-49(21-23-50)67-32-34-68(35-33-67)51-13-11-12-46(38-51)57-56(59(71)72)43(5)70(42(3)4)58(57)45-16-18-47(61)19-17-45/h8-25,38-39,42,44,48,65H,6-7,26-37,40-41H2,1-5H3,(H,71,72)/t48-,81+/m1/s1. The van der Waals surface area contributed by atoms with Gasteiger partial charge in [-0.05, 0) is 163 Å². The van der Waals surface area contributed by atoms with Crippen molar-refractivity contribution >= 4 is 82.3 Å². The summed E-state index contributed by atoms with van der Waals surface area (Å²) in [6.45, 7) is 14.7. The zero-order valence-corrected chi connectivity index (χ0v) is 51.4. The smallest absolute Gasteiger partial charge is 0.478 e. The number of hydrogen-bond donors (Lipinski definition) is 2. The Balaban J connectivity index is 0.903. The number of piperazine rings is 1. The number of sulfone groups is 1. The molecule has 5 aromatic carbocycles. The monoisotopic (exact) mass is 1240 g/mol. The molecule has 0 radical (unpaired) electrons. The molecule has 0 spiro atoms. The van der Waals surface area contributed by atoms with Crippen molar-refractivity contribution in [2.24, 2.45) is 5.92 Å². The van der Waals surface area contributed by atoms with E-state index in [1.54, 1.807) is 38.1 Å². The molecule has 446 valence electrons. The first-order valence-electron chi connectivity index (χ1n) is 28.1. The number of benzene rings is 5. The van der Waals surface area contributed by atoms with Crippen LogP contribution >= 0.6 is 38.5 Å². The first kappa shape index (κ1) is 62.3. The van der Waals surface area contributed by atoms with E-state index in [0.717, 1.165) is 52.0 Å². The highest BCUT2D eigenvalue weighted by molar-refractivity contribution is 7.99. The van der Waals surface area contributed by atoms with Crippen LogP contribution in [0.3, 0.4) is 0 Å². The molecule has 0 amide bonds. The van der Waals surface area contributed by atoms with Gasteiger partial charge in [0, 0.05) is 88.8 Å². The van der Waals surface area contributed by atoms with Crippen LogP contribution in [0.5, 0.6) is 0 Å². The normalized spacial score (nSPS) is 18.1. The van der Waals surface area contributed by atoms with E-state index < -0.39 is 47.4 Å². The topological polar surface area (TPSA) is 163 Å². The Labute approximate surface area is 494 Å². The fourth-order valence-electron chi connectivity index (χ4n) is 11.5. The zero-order chi connectivity index (χ0) is 59.3. The molecule has 1 aromatic heterocycles. The third kappa shape index (κ3) is 14.0. The van der Waals surface area contributed by atoms with Gasteiger partial charge in [-0.25, -0.2) is 13.2 Å². The van der Waals surface area contributed by atoms with E-state index in [0.29, 0.717) is 86.1 Å². The lowest BCUT2D eigenvalue weighted by Gasteiger charge is -2.37. The summed E-state index contributed by atoms with van der Waals surface area (Å²) in [5.74, 6) is -0.474. The van der Waals surface area contributed by atoms with Crippen molar-refractivity contribution in [3.8, 4) is 22.4 Å². The van der Waals surface area contributed by atoms with Crippen molar-refractivity contribution < 1.29 is 54.2 Å². The molecule has 23 heteroatoms. The summed E-state index contributed by atoms with van der Waals surface area (Å²) in [6.07, 6.45) is 2.32. The number of aromatic nitrogens is 1. The van der Waals surface area contributed by atoms with Crippen LogP contribution in [0.15, 0.2) is 131 Å². The van der Waals surface area contributed by atoms with Crippen molar-refractivity contribution in [2.45, 2.75) is 81.3 Å². The number of nitrogens with zero attached hydrogens (tertiary/aromatic N) is 5. The van der Waals surface area contributed by atoms with E-state index in [9.17, 15) is 36.1 Å². The Morgan fingerprint density at radius 1 is 0.831 bits per heavy atom. The number of likely N-dealkylation sites (tertiary alicyclic amines) is 1. The quantitative estimate of drug-likeness (QED) is 0.0460. The molecule has 0 aliphatic carbocycles. The number of thioether (sulfide) groups is 1. The summed E-state index contributed by atoms with van der Waals surface area (Å²) in [4.78, 5) is 19.6. The second kappa shape index (κ2) is 26.6. The molecule has 2 N–H and O–H groups in total. The highest BCUT2D eigenvalue weighted by atomic mass is 35.5. The minimum Gasteiger partial charge on any atom is -0.478 e. The van der Waals surface area contributed by atoms with E-state index in [2.05, 4.69) is 24.6 Å². The van der Waals surface area contributed by atoms with Crippen LogP contribution in [0.2, 0.25) is 5.02 Å². The van der Waals surface area contributed by atoms with E-state index in [-0.39, 0.29) is 54.9 Å². The largest absolute Gasteiger partial charge is 0.501 e. The minimum absolute atomic E-state index is 0.0128. The number of carboxylic acid groups (broad SMARTS) is 1. The third-order valence-corrected chi connectivity index (χ3v) is 23.3. The van der Waals surface area contributed by atoms with Crippen LogP contribution in [0.25, 0.3) is 22.4 Å². The van der Waals surface area contributed by atoms with Gasteiger partial charge in [0.25, 0.3) is 9.84 Å². The molecule has 6 aromatic rings. The predicted molar refractivity (Wildman–Crippen MR) is 328 cm³/mol. The first-order chi connectivity index (χ1) is 39.6. The van der Waals surface area contributed by atoms with Gasteiger partial charge in [-0.2, -0.15) is 13.2 Å². The lowest BCUT2D eigenvalue weighted by Crippen LogP contribution is -2.46. The number of carboxylic acids is 1. The molecule has 2 atom stereocenters. The maximum atomic E-state index is 15.1. The molecule has 3 aliphatic heterocycles. The maximum Gasteiger partial charge on any atom is 0.501 e. The average molecular weight is 1240 g/mol. The second-order valence-corrected chi connectivity index (χ2v) is 29.1. The van der Waals surface area contributed by atoms with Crippen LogP contribution in [-0.2, 0) is 32.5 Å². The highest BCUT2D eigenvalue weighted by Gasteiger charge is 2.50. The van der Waals surface area contributed by atoms with Crippen molar-refractivity contribution in [1.29, 1.82) is 0 Å². The molecular formula is C60H72ClF3N6O9P2S2. The van der Waals surface area contributed by atoms with E-state index in [1.807, 2.05) is 99.6 Å². The Morgan fingerprint density at radius 3 is 2.08 bits per heavy atom. The van der Waals surface area contributed by atoms with Crippen LogP contribution in [0, 0.1) is 12.8 Å². The van der Waals surface area contributed by atoms with Crippen LogP contribution in [0.4, 0.5) is 35.9 Å². The number of hydrogen-bond acceptors (Lipinski definition) is 13. The molecule has 0 unspecified atom stereocenters. The van der Waals surface area contributed by atoms with E-state index >= 15 is 4.57 Å². The lowest BCUT2D eigenvalue weighted by molar-refractivity contribution is -0.0435. The van der Waals surface area contributed by atoms with Gasteiger partial charge in [0.1, 0.15) is 4.90 Å². The van der Waals surface area contributed by atoms with Crippen molar-refractivity contribution in [2.75, 3.05) is 104 Å². The predicted octanol–water partition coefficient (Wildman–Crippen LogP) is 14.0. The number of halogens is 4. The third-order valence-electron chi connectivity index (χ3n) is 15.6. The SMILES string of the molecule is CCOP(=O)(CC1CCN(CC[C@H](CSc2ccccc2)Nc2ccc([P@]3(=O)OCCN3c3ccc(N4CCN(c5cccc(-c6c(C(=O)O)c(C)n(C(C)C)c6-c6ccc(Cl)cc6)c5)CC4)cc3)cc2S(=O)(=O)C(F)(F)F)CC1)OCC. The number of piperidine rings is 1. The summed E-state index contributed by atoms with van der Waals surface area (Å²) in [5, 5.41) is 14.2. The number of nitrogens with one attached hydrogen (secondary N) is 1. The lowest BCUT2D eigenvalue weighted by atomic mass is 9.96. The zero-order valence-electron chi connectivity index (χ0n) is 47.3. The highest BCUT2D eigenvalue weighted by Crippen LogP contribution is 2.56. The van der Waals surface area contributed by atoms with Crippen LogP contribution in [0.1, 0.15) is 69.1 Å². The van der Waals surface area contributed by atoms with Gasteiger partial charge in [0.15, 0.2) is 0 Å². The molecule has 3 saturated heterocycles. The second-order valence-electron chi connectivity index (χ2n) is 21.3. The molecular weight excluding hydrogens is 1170 g/mol. The summed E-state index contributed by atoms with van der Waals surface area (Å²) < 4.78 is 120.